The summed E-state index contributed by atoms with van der Waals surface area (Å²) in [5.41, 5.74) is 3.20. The molecule has 3 heterocycles. The summed E-state index contributed by atoms with van der Waals surface area (Å²) >= 11 is 5.81. The third kappa shape index (κ3) is 4.44. The van der Waals surface area contributed by atoms with E-state index in [9.17, 15) is 0 Å². The first kappa shape index (κ1) is 21.4. The molecule has 1 fully saturated rings. The van der Waals surface area contributed by atoms with Crippen molar-refractivity contribution in [1.29, 1.82) is 0 Å². The molecule has 2 atom stereocenters. The molecule has 1 saturated heterocycles. The van der Waals surface area contributed by atoms with E-state index in [4.69, 9.17) is 17.0 Å². The van der Waals surface area contributed by atoms with Gasteiger partial charge in [0.25, 0.3) is 0 Å². The van der Waals surface area contributed by atoms with Crippen LogP contribution in [0, 0.1) is 0 Å². The first-order chi connectivity index (χ1) is 14.7. The lowest BCUT2D eigenvalue weighted by atomic mass is 9.98. The minimum Gasteiger partial charge on any atom is -0.491 e. The van der Waals surface area contributed by atoms with E-state index >= 15 is 0 Å². The van der Waals surface area contributed by atoms with Crippen LogP contribution in [0.15, 0.2) is 67.1 Å². The number of benzene rings is 1. The number of aromatic nitrogens is 2. The summed E-state index contributed by atoms with van der Waals surface area (Å²) in [7, 11) is 0. The van der Waals surface area contributed by atoms with Gasteiger partial charge in [-0.25, -0.2) is 0 Å². The second kappa shape index (κ2) is 8.35. The smallest absolute Gasteiger partial charge is 0.174 e. The molecule has 162 valence electrons. The van der Waals surface area contributed by atoms with Gasteiger partial charge in [0, 0.05) is 29.8 Å². The predicted octanol–water partition coefficient (Wildman–Crippen LogP) is 5.60. The fourth-order valence-electron chi connectivity index (χ4n) is 3.93. The van der Waals surface area contributed by atoms with Gasteiger partial charge < -0.3 is 19.5 Å². The Morgan fingerprint density at radius 1 is 1.06 bits per heavy atom. The zero-order valence-electron chi connectivity index (χ0n) is 18.7. The number of rotatable bonds is 5. The van der Waals surface area contributed by atoms with Crippen LogP contribution in [-0.2, 0) is 5.54 Å². The molecular weight excluding hydrogens is 404 g/mol. The molecule has 0 bridgehead atoms. The SMILES string of the molecule is CC(C)Oc1ccc(N2C(=S)N[C@H](c3ccccn3)[C@@H]2c2ccn(C(C)(C)C)c2)cc1. The Bertz CT molecular complexity index is 1040. The van der Waals surface area contributed by atoms with Crippen LogP contribution in [0.1, 0.15) is 58.0 Å². The van der Waals surface area contributed by atoms with Gasteiger partial charge >= 0.3 is 0 Å². The van der Waals surface area contributed by atoms with E-state index in [1.54, 1.807) is 0 Å². The summed E-state index contributed by atoms with van der Waals surface area (Å²) in [6.45, 7) is 10.7. The molecule has 31 heavy (non-hydrogen) atoms. The first-order valence-electron chi connectivity index (χ1n) is 10.7. The van der Waals surface area contributed by atoms with Gasteiger partial charge in [0.2, 0.25) is 0 Å². The van der Waals surface area contributed by atoms with Crippen molar-refractivity contribution in [3.05, 3.63) is 78.4 Å². The summed E-state index contributed by atoms with van der Waals surface area (Å²) in [6, 6.07) is 16.3. The molecule has 0 radical (unpaired) electrons. The standard InChI is InChI=1S/C25H30N4OS/c1-17(2)30-20-11-9-19(10-12-20)29-23(18-13-15-28(16-18)25(3,4)5)22(27-24(29)31)21-8-6-7-14-26-21/h6-17,22-23H,1-5H3,(H,27,31)/t22-,23+/m1/s1. The molecule has 0 amide bonds. The zero-order valence-corrected chi connectivity index (χ0v) is 19.6. The van der Waals surface area contributed by atoms with Gasteiger partial charge in [-0.2, -0.15) is 0 Å². The average molecular weight is 435 g/mol. The van der Waals surface area contributed by atoms with Crippen molar-refractivity contribution >= 4 is 23.0 Å². The number of ether oxygens (including phenoxy) is 1. The summed E-state index contributed by atoms with van der Waals surface area (Å²) in [6.07, 6.45) is 6.33. The van der Waals surface area contributed by atoms with E-state index in [1.807, 2.05) is 44.3 Å². The van der Waals surface area contributed by atoms with Gasteiger partial charge in [-0.05, 0) is 94.9 Å². The summed E-state index contributed by atoms with van der Waals surface area (Å²) in [4.78, 5) is 6.82. The maximum atomic E-state index is 5.82. The molecular formula is C25H30N4OS. The second-order valence-electron chi connectivity index (χ2n) is 9.18. The minimum atomic E-state index is -0.0453. The Morgan fingerprint density at radius 3 is 2.39 bits per heavy atom. The highest BCUT2D eigenvalue weighted by molar-refractivity contribution is 7.80. The lowest BCUT2D eigenvalue weighted by Gasteiger charge is -2.28. The second-order valence-corrected chi connectivity index (χ2v) is 9.57. The minimum absolute atomic E-state index is 0.00590. The number of anilines is 1. The normalized spacial score (nSPS) is 19.0. The van der Waals surface area contributed by atoms with Crippen LogP contribution in [0.3, 0.4) is 0 Å². The van der Waals surface area contributed by atoms with E-state index in [0.29, 0.717) is 5.11 Å². The number of nitrogens with one attached hydrogen (secondary N) is 1. The molecule has 6 heteroatoms. The average Bonchev–Trinajstić information content (AvgIpc) is 3.33. The van der Waals surface area contributed by atoms with Crippen LogP contribution in [0.5, 0.6) is 5.75 Å². The summed E-state index contributed by atoms with van der Waals surface area (Å²) in [5, 5.41) is 4.21. The quantitative estimate of drug-likeness (QED) is 0.529. The van der Waals surface area contributed by atoms with Crippen LogP contribution in [0.25, 0.3) is 0 Å². The Morgan fingerprint density at radius 2 is 1.81 bits per heavy atom. The fourth-order valence-corrected chi connectivity index (χ4v) is 4.28. The zero-order chi connectivity index (χ0) is 22.2. The van der Waals surface area contributed by atoms with Crippen molar-refractivity contribution in [3.8, 4) is 5.75 Å². The predicted molar refractivity (Wildman–Crippen MR) is 130 cm³/mol. The van der Waals surface area contributed by atoms with Crippen LogP contribution >= 0.6 is 12.2 Å². The Balaban J connectivity index is 1.75. The van der Waals surface area contributed by atoms with Gasteiger partial charge in [-0.15, -0.1) is 0 Å². The topological polar surface area (TPSA) is 42.3 Å². The Kier molecular flexibility index (Phi) is 5.75. The maximum Gasteiger partial charge on any atom is 0.174 e. The molecule has 0 aliphatic carbocycles. The van der Waals surface area contributed by atoms with Crippen molar-refractivity contribution in [2.75, 3.05) is 4.90 Å². The van der Waals surface area contributed by atoms with Crippen molar-refractivity contribution < 1.29 is 4.74 Å². The molecule has 2 aromatic heterocycles. The van der Waals surface area contributed by atoms with Crippen LogP contribution < -0.4 is 15.0 Å². The number of hydrogen-bond donors (Lipinski definition) is 1. The maximum absolute atomic E-state index is 5.82. The van der Waals surface area contributed by atoms with Crippen LogP contribution in [0.2, 0.25) is 0 Å². The Hall–Kier alpha value is -2.86. The molecule has 1 N–H and O–H groups in total. The van der Waals surface area contributed by atoms with Gasteiger partial charge in [0.1, 0.15) is 5.75 Å². The fraction of sp³-hybridized carbons (Fsp3) is 0.360. The first-order valence-corrected chi connectivity index (χ1v) is 11.1. The van der Waals surface area contributed by atoms with E-state index in [2.05, 4.69) is 77.2 Å². The molecule has 1 aromatic carbocycles. The van der Waals surface area contributed by atoms with Gasteiger partial charge in [-0.3, -0.25) is 4.98 Å². The van der Waals surface area contributed by atoms with Gasteiger partial charge in [0.15, 0.2) is 5.11 Å². The van der Waals surface area contributed by atoms with Gasteiger partial charge in [-0.1, -0.05) is 6.07 Å². The van der Waals surface area contributed by atoms with Crippen LogP contribution in [0.4, 0.5) is 5.69 Å². The van der Waals surface area contributed by atoms with E-state index < -0.39 is 0 Å². The number of thiocarbonyl (C=S) groups is 1. The number of nitrogens with zero attached hydrogens (tertiary/aromatic N) is 3. The highest BCUT2D eigenvalue weighted by Gasteiger charge is 2.41. The molecule has 0 unspecified atom stereocenters. The molecule has 4 rings (SSSR count). The monoisotopic (exact) mass is 434 g/mol. The third-order valence-electron chi connectivity index (χ3n) is 5.42. The summed E-state index contributed by atoms with van der Waals surface area (Å²) in [5.74, 6) is 0.855. The molecule has 5 nitrogen and oxygen atoms in total. The molecule has 0 saturated carbocycles. The third-order valence-corrected chi connectivity index (χ3v) is 5.73. The lowest BCUT2D eigenvalue weighted by Crippen LogP contribution is -2.29. The molecule has 0 spiro atoms. The van der Waals surface area contributed by atoms with Crippen molar-refractivity contribution in [2.45, 2.75) is 58.3 Å². The van der Waals surface area contributed by atoms with E-state index in [1.165, 1.54) is 5.56 Å². The van der Waals surface area contributed by atoms with Crippen LogP contribution in [-0.4, -0.2) is 20.8 Å². The molecule has 1 aliphatic heterocycles. The largest absolute Gasteiger partial charge is 0.491 e. The Labute approximate surface area is 190 Å². The highest BCUT2D eigenvalue weighted by atomic mass is 32.1. The van der Waals surface area contributed by atoms with E-state index in [0.717, 1.165) is 17.1 Å². The van der Waals surface area contributed by atoms with Crippen molar-refractivity contribution in [1.82, 2.24) is 14.9 Å². The van der Waals surface area contributed by atoms with E-state index in [-0.39, 0.29) is 23.7 Å². The highest BCUT2D eigenvalue weighted by Crippen LogP contribution is 2.42. The van der Waals surface area contributed by atoms with Crippen molar-refractivity contribution in [2.24, 2.45) is 0 Å². The molecule has 3 aromatic rings. The van der Waals surface area contributed by atoms with Crippen molar-refractivity contribution in [3.63, 3.8) is 0 Å². The summed E-state index contributed by atoms with van der Waals surface area (Å²) < 4.78 is 8.07. The lowest BCUT2D eigenvalue weighted by molar-refractivity contribution is 0.242. The number of hydrogen-bond acceptors (Lipinski definition) is 3. The molecule has 1 aliphatic rings. The number of pyridine rings is 1. The van der Waals surface area contributed by atoms with Gasteiger partial charge in [0.05, 0.1) is 23.9 Å².